The van der Waals surface area contributed by atoms with Crippen molar-refractivity contribution in [2.75, 3.05) is 4.90 Å². The van der Waals surface area contributed by atoms with Crippen molar-refractivity contribution in [2.24, 2.45) is 23.7 Å². The normalized spacial score (nSPS) is 31.0. The molecule has 3 heteroatoms. The number of hydrogen-bond acceptors (Lipinski definition) is 2. The third-order valence-corrected chi connectivity index (χ3v) is 6.02. The quantitative estimate of drug-likeness (QED) is 0.464. The van der Waals surface area contributed by atoms with Crippen molar-refractivity contribution in [3.05, 3.63) is 42.0 Å². The van der Waals surface area contributed by atoms with Crippen molar-refractivity contribution in [1.29, 1.82) is 0 Å². The molecule has 0 unspecified atom stereocenters. The molecule has 1 heterocycles. The predicted molar refractivity (Wildman–Crippen MR) is 94.5 cm³/mol. The van der Waals surface area contributed by atoms with E-state index in [1.807, 2.05) is 12.1 Å². The largest absolute Gasteiger partial charge is 0.274 e. The number of unbranched alkanes of at least 4 members (excludes halogenated alkanes) is 2. The molecule has 1 saturated carbocycles. The molecule has 1 aliphatic heterocycles. The molecule has 126 valence electrons. The molecule has 3 nitrogen and oxygen atoms in total. The number of allylic oxidation sites excluding steroid dienone is 2. The van der Waals surface area contributed by atoms with Gasteiger partial charge in [-0.25, -0.2) is 0 Å². The Morgan fingerprint density at radius 1 is 0.917 bits per heavy atom. The molecule has 0 aromatic heterocycles. The second kappa shape index (κ2) is 6.19. The number of imide groups is 1. The van der Waals surface area contributed by atoms with Gasteiger partial charge in [0.25, 0.3) is 0 Å². The summed E-state index contributed by atoms with van der Waals surface area (Å²) in [6.45, 7) is 2.20. The Bertz CT molecular complexity index is 644. The first-order chi connectivity index (χ1) is 11.7. The van der Waals surface area contributed by atoms with E-state index in [0.717, 1.165) is 24.9 Å². The molecular formula is C21H25NO2. The first kappa shape index (κ1) is 15.6. The van der Waals surface area contributed by atoms with Crippen LogP contribution >= 0.6 is 0 Å². The van der Waals surface area contributed by atoms with E-state index in [1.54, 1.807) is 0 Å². The van der Waals surface area contributed by atoms with E-state index in [1.165, 1.54) is 29.7 Å². The van der Waals surface area contributed by atoms with Crippen LogP contribution in [0.4, 0.5) is 5.69 Å². The van der Waals surface area contributed by atoms with Crippen LogP contribution in [0.25, 0.3) is 0 Å². The van der Waals surface area contributed by atoms with Gasteiger partial charge < -0.3 is 0 Å². The Balaban J connectivity index is 1.54. The van der Waals surface area contributed by atoms with E-state index >= 15 is 0 Å². The number of anilines is 1. The van der Waals surface area contributed by atoms with Gasteiger partial charge in [-0.2, -0.15) is 0 Å². The Morgan fingerprint density at radius 2 is 1.50 bits per heavy atom. The maximum atomic E-state index is 12.9. The predicted octanol–water partition coefficient (Wildman–Crippen LogP) is 4.12. The third kappa shape index (κ3) is 2.42. The van der Waals surface area contributed by atoms with E-state index in [-0.39, 0.29) is 35.5 Å². The van der Waals surface area contributed by atoms with Crippen molar-refractivity contribution < 1.29 is 9.59 Å². The Morgan fingerprint density at radius 3 is 2.00 bits per heavy atom. The maximum Gasteiger partial charge on any atom is 0.238 e. The SMILES string of the molecule is CCCCCc1ccc(N2C(=O)[C@@H]3[C@H](C2=O)[C@@H]2C=C[C@H]3CC2)cc1. The van der Waals surface area contributed by atoms with Crippen molar-refractivity contribution in [3.8, 4) is 0 Å². The summed E-state index contributed by atoms with van der Waals surface area (Å²) >= 11 is 0. The topological polar surface area (TPSA) is 37.4 Å². The van der Waals surface area contributed by atoms with Gasteiger partial charge in [0.05, 0.1) is 17.5 Å². The number of hydrogen-bond donors (Lipinski definition) is 0. The fourth-order valence-corrected chi connectivity index (χ4v) is 4.72. The summed E-state index contributed by atoms with van der Waals surface area (Å²) in [5, 5.41) is 0. The monoisotopic (exact) mass is 323 g/mol. The lowest BCUT2D eigenvalue weighted by atomic mass is 9.63. The summed E-state index contributed by atoms with van der Waals surface area (Å²) in [7, 11) is 0. The zero-order valence-corrected chi connectivity index (χ0v) is 14.3. The van der Waals surface area contributed by atoms with Crippen LogP contribution in [0.2, 0.25) is 0 Å². The Hall–Kier alpha value is -1.90. The lowest BCUT2D eigenvalue weighted by molar-refractivity contribution is -0.124. The molecule has 24 heavy (non-hydrogen) atoms. The average Bonchev–Trinajstić information content (AvgIpc) is 2.90. The van der Waals surface area contributed by atoms with E-state index in [9.17, 15) is 9.59 Å². The average molecular weight is 323 g/mol. The third-order valence-electron chi connectivity index (χ3n) is 6.02. The molecule has 2 bridgehead atoms. The van der Waals surface area contributed by atoms with Gasteiger partial charge in [-0.05, 0) is 55.2 Å². The van der Waals surface area contributed by atoms with Gasteiger partial charge in [0.2, 0.25) is 11.8 Å². The molecule has 5 rings (SSSR count). The molecule has 1 saturated heterocycles. The van der Waals surface area contributed by atoms with Crippen molar-refractivity contribution in [1.82, 2.24) is 0 Å². The molecule has 2 fully saturated rings. The molecule has 1 aromatic rings. The zero-order valence-electron chi connectivity index (χ0n) is 14.3. The minimum absolute atomic E-state index is 0.0165. The smallest absolute Gasteiger partial charge is 0.238 e. The van der Waals surface area contributed by atoms with Gasteiger partial charge in [0.1, 0.15) is 0 Å². The molecular weight excluding hydrogens is 298 g/mol. The highest BCUT2D eigenvalue weighted by molar-refractivity contribution is 6.22. The second-order valence-corrected chi connectivity index (χ2v) is 7.48. The summed E-state index contributed by atoms with van der Waals surface area (Å²) in [6.07, 6.45) is 11.1. The highest BCUT2D eigenvalue weighted by Gasteiger charge is 2.56. The number of fused-ring (bicyclic) bond motifs is 1. The second-order valence-electron chi connectivity index (χ2n) is 7.48. The fourth-order valence-electron chi connectivity index (χ4n) is 4.72. The minimum atomic E-state index is -0.120. The zero-order chi connectivity index (χ0) is 16.7. The molecule has 2 amide bonds. The van der Waals surface area contributed by atoms with E-state index < -0.39 is 0 Å². The van der Waals surface area contributed by atoms with Crippen LogP contribution in [0.3, 0.4) is 0 Å². The number of amides is 2. The summed E-state index contributed by atoms with van der Waals surface area (Å²) in [5.41, 5.74) is 2.03. The number of carbonyl (C=O) groups excluding carboxylic acids is 2. The lowest BCUT2D eigenvalue weighted by Crippen LogP contribution is -2.38. The molecule has 4 aliphatic rings. The van der Waals surface area contributed by atoms with Crippen LogP contribution in [-0.4, -0.2) is 11.8 Å². The summed E-state index contributed by atoms with van der Waals surface area (Å²) in [4.78, 5) is 27.3. The molecule has 3 aliphatic carbocycles. The van der Waals surface area contributed by atoms with Crippen LogP contribution in [0, 0.1) is 23.7 Å². The first-order valence-electron chi connectivity index (χ1n) is 9.35. The van der Waals surface area contributed by atoms with Gasteiger partial charge in [-0.3, -0.25) is 14.5 Å². The number of carbonyl (C=O) groups is 2. The van der Waals surface area contributed by atoms with Crippen LogP contribution < -0.4 is 4.90 Å². The molecule has 0 spiro atoms. The lowest BCUT2D eigenvalue weighted by Gasteiger charge is -2.38. The van der Waals surface area contributed by atoms with Crippen LogP contribution in [-0.2, 0) is 16.0 Å². The first-order valence-corrected chi connectivity index (χ1v) is 9.35. The fraction of sp³-hybridized carbons (Fsp3) is 0.524. The molecule has 1 aromatic carbocycles. The molecule has 0 N–H and O–H groups in total. The van der Waals surface area contributed by atoms with Crippen molar-refractivity contribution in [2.45, 2.75) is 45.4 Å². The number of nitrogens with zero attached hydrogens (tertiary/aromatic N) is 1. The van der Waals surface area contributed by atoms with Crippen molar-refractivity contribution in [3.63, 3.8) is 0 Å². The van der Waals surface area contributed by atoms with E-state index in [2.05, 4.69) is 31.2 Å². The highest BCUT2D eigenvalue weighted by Crippen LogP contribution is 2.50. The van der Waals surface area contributed by atoms with E-state index in [0.29, 0.717) is 0 Å². The van der Waals surface area contributed by atoms with Gasteiger partial charge in [0, 0.05) is 0 Å². The van der Waals surface area contributed by atoms with Crippen molar-refractivity contribution >= 4 is 17.5 Å². The van der Waals surface area contributed by atoms with Gasteiger partial charge in [-0.15, -0.1) is 0 Å². The molecule has 0 radical (unpaired) electrons. The Kier molecular flexibility index (Phi) is 4.03. The van der Waals surface area contributed by atoms with Gasteiger partial charge in [0.15, 0.2) is 0 Å². The van der Waals surface area contributed by atoms with Crippen LogP contribution in [0.5, 0.6) is 0 Å². The van der Waals surface area contributed by atoms with Gasteiger partial charge >= 0.3 is 0 Å². The number of benzene rings is 1. The number of rotatable bonds is 5. The summed E-state index contributed by atoms with van der Waals surface area (Å²) in [6, 6.07) is 8.04. The molecule has 4 atom stereocenters. The Labute approximate surface area is 143 Å². The maximum absolute atomic E-state index is 12.9. The van der Waals surface area contributed by atoms with E-state index in [4.69, 9.17) is 0 Å². The summed E-state index contributed by atoms with van der Waals surface area (Å²) < 4.78 is 0. The van der Waals surface area contributed by atoms with Gasteiger partial charge in [-0.1, -0.05) is 44.1 Å². The standard InChI is InChI=1S/C21H25NO2/c1-2-3-4-5-14-6-12-17(13-7-14)22-20(23)18-15-8-9-16(11-10-15)19(18)21(22)24/h6-9,12-13,15-16,18-19H,2-5,10-11H2,1H3/t15-,16+,18-,19+. The van der Waals surface area contributed by atoms with Crippen LogP contribution in [0.15, 0.2) is 36.4 Å². The highest BCUT2D eigenvalue weighted by atomic mass is 16.2. The number of aryl methyl sites for hydroxylation is 1. The minimum Gasteiger partial charge on any atom is -0.274 e. The van der Waals surface area contributed by atoms with Crippen LogP contribution in [0.1, 0.15) is 44.6 Å². The summed E-state index contributed by atoms with van der Waals surface area (Å²) in [5.74, 6) is 0.311.